The third-order valence-electron chi connectivity index (χ3n) is 2.78. The van der Waals surface area contributed by atoms with Gasteiger partial charge in [-0.3, -0.25) is 0 Å². The maximum Gasteiger partial charge on any atom is 0.124 e. The molecule has 0 spiro atoms. The maximum atomic E-state index is 13.1. The average molecular weight is 288 g/mol. The van der Waals surface area contributed by atoms with Crippen LogP contribution in [0.3, 0.4) is 0 Å². The molecule has 0 radical (unpaired) electrons. The van der Waals surface area contributed by atoms with Gasteiger partial charge in [0, 0.05) is 10.5 Å². The highest BCUT2D eigenvalue weighted by atomic mass is 79.9. The van der Waals surface area contributed by atoms with Gasteiger partial charge in [-0.1, -0.05) is 29.8 Å². The van der Waals surface area contributed by atoms with Crippen molar-refractivity contribution in [2.24, 2.45) is 11.7 Å². The number of aryl methyl sites for hydroxylation is 1. The first-order valence-electron chi connectivity index (χ1n) is 5.69. The second kappa shape index (κ2) is 6.36. The molecule has 0 bridgehead atoms. The smallest absolute Gasteiger partial charge is 0.124 e. The van der Waals surface area contributed by atoms with Crippen molar-refractivity contribution in [1.29, 1.82) is 0 Å². The molecular weight excluding hydrogens is 269 g/mol. The van der Waals surface area contributed by atoms with Gasteiger partial charge in [0.2, 0.25) is 0 Å². The number of hydrogen-bond donors (Lipinski definition) is 1. The highest BCUT2D eigenvalue weighted by molar-refractivity contribution is 9.10. The van der Waals surface area contributed by atoms with Crippen molar-refractivity contribution in [3.05, 3.63) is 34.1 Å². The second-order valence-corrected chi connectivity index (χ2v) is 5.49. The summed E-state index contributed by atoms with van der Waals surface area (Å²) in [6.07, 6.45) is 2.89. The zero-order valence-corrected chi connectivity index (χ0v) is 11.4. The monoisotopic (exact) mass is 287 g/mol. The Balaban J connectivity index is 2.43. The van der Waals surface area contributed by atoms with Gasteiger partial charge in [0.15, 0.2) is 0 Å². The molecule has 0 aliphatic heterocycles. The number of halogens is 2. The van der Waals surface area contributed by atoms with Crippen LogP contribution in [0, 0.1) is 11.7 Å². The van der Waals surface area contributed by atoms with Crippen LogP contribution in [0.1, 0.15) is 32.3 Å². The molecular formula is C13H19BrFN. The van der Waals surface area contributed by atoms with Gasteiger partial charge in [0.1, 0.15) is 5.82 Å². The predicted octanol–water partition coefficient (Wildman–Crippen LogP) is 3.89. The molecule has 0 aromatic heterocycles. The summed E-state index contributed by atoms with van der Waals surface area (Å²) < 4.78 is 13.9. The van der Waals surface area contributed by atoms with Crippen LogP contribution in [0.15, 0.2) is 22.7 Å². The summed E-state index contributed by atoms with van der Waals surface area (Å²) in [6, 6.07) is 5.27. The molecule has 2 N–H and O–H groups in total. The molecule has 0 aliphatic carbocycles. The van der Waals surface area contributed by atoms with Gasteiger partial charge in [-0.25, -0.2) is 4.39 Å². The lowest BCUT2D eigenvalue weighted by molar-refractivity contribution is 0.452. The zero-order chi connectivity index (χ0) is 12.1. The molecule has 16 heavy (non-hydrogen) atoms. The SMILES string of the molecule is CC(C)C(N)CCCc1cc(F)cc(Br)c1. The van der Waals surface area contributed by atoms with E-state index in [4.69, 9.17) is 5.73 Å². The zero-order valence-electron chi connectivity index (χ0n) is 9.84. The number of nitrogens with two attached hydrogens (primary N) is 1. The Bertz CT molecular complexity index is 318. The van der Waals surface area contributed by atoms with E-state index in [0.29, 0.717) is 5.92 Å². The van der Waals surface area contributed by atoms with Crippen molar-refractivity contribution in [1.82, 2.24) is 0 Å². The minimum absolute atomic E-state index is 0.183. The van der Waals surface area contributed by atoms with Crippen molar-refractivity contribution in [3.8, 4) is 0 Å². The summed E-state index contributed by atoms with van der Waals surface area (Å²) >= 11 is 3.29. The first-order valence-corrected chi connectivity index (χ1v) is 6.49. The minimum Gasteiger partial charge on any atom is -0.327 e. The largest absolute Gasteiger partial charge is 0.327 e. The molecule has 1 unspecified atom stereocenters. The normalized spacial score (nSPS) is 13.1. The maximum absolute atomic E-state index is 13.1. The van der Waals surface area contributed by atoms with Gasteiger partial charge in [-0.2, -0.15) is 0 Å². The van der Waals surface area contributed by atoms with E-state index in [9.17, 15) is 4.39 Å². The van der Waals surface area contributed by atoms with E-state index in [0.717, 1.165) is 29.3 Å². The summed E-state index contributed by atoms with van der Waals surface area (Å²) in [6.45, 7) is 4.26. The van der Waals surface area contributed by atoms with Crippen LogP contribution >= 0.6 is 15.9 Å². The predicted molar refractivity (Wildman–Crippen MR) is 69.9 cm³/mol. The van der Waals surface area contributed by atoms with Crippen molar-refractivity contribution >= 4 is 15.9 Å². The first-order chi connectivity index (χ1) is 7.49. The molecule has 90 valence electrons. The van der Waals surface area contributed by atoms with E-state index in [1.165, 1.54) is 6.07 Å². The average Bonchev–Trinajstić information content (AvgIpc) is 2.15. The van der Waals surface area contributed by atoms with E-state index in [-0.39, 0.29) is 11.9 Å². The lowest BCUT2D eigenvalue weighted by Crippen LogP contribution is -2.26. The third-order valence-corrected chi connectivity index (χ3v) is 3.24. The molecule has 3 heteroatoms. The standard InChI is InChI=1S/C13H19BrFN/c1-9(2)13(16)5-3-4-10-6-11(14)8-12(15)7-10/h6-9,13H,3-5,16H2,1-2H3. The fraction of sp³-hybridized carbons (Fsp3) is 0.538. The molecule has 1 nitrogen and oxygen atoms in total. The van der Waals surface area contributed by atoms with Gasteiger partial charge in [-0.05, 0) is 48.9 Å². The van der Waals surface area contributed by atoms with E-state index < -0.39 is 0 Å². The molecule has 0 amide bonds. The first kappa shape index (κ1) is 13.7. The fourth-order valence-corrected chi connectivity index (χ4v) is 2.14. The third kappa shape index (κ3) is 4.62. The molecule has 0 saturated heterocycles. The highest BCUT2D eigenvalue weighted by Crippen LogP contribution is 2.17. The van der Waals surface area contributed by atoms with Crippen molar-refractivity contribution in [2.45, 2.75) is 39.2 Å². The Morgan fingerprint density at radius 3 is 2.56 bits per heavy atom. The van der Waals surface area contributed by atoms with Crippen LogP contribution in [0.5, 0.6) is 0 Å². The van der Waals surface area contributed by atoms with Gasteiger partial charge in [0.25, 0.3) is 0 Å². The van der Waals surface area contributed by atoms with Crippen LogP contribution in [-0.4, -0.2) is 6.04 Å². The van der Waals surface area contributed by atoms with Crippen LogP contribution in [0.25, 0.3) is 0 Å². The Labute approximate surface area is 105 Å². The van der Waals surface area contributed by atoms with Crippen molar-refractivity contribution < 1.29 is 4.39 Å². The van der Waals surface area contributed by atoms with Crippen LogP contribution in [0.4, 0.5) is 4.39 Å². The Kier molecular flexibility index (Phi) is 5.42. The molecule has 1 rings (SSSR count). The van der Waals surface area contributed by atoms with Crippen molar-refractivity contribution in [3.63, 3.8) is 0 Å². The molecule has 1 aromatic rings. The molecule has 0 heterocycles. The van der Waals surface area contributed by atoms with Crippen LogP contribution < -0.4 is 5.73 Å². The topological polar surface area (TPSA) is 26.0 Å². The van der Waals surface area contributed by atoms with Crippen LogP contribution in [0.2, 0.25) is 0 Å². The van der Waals surface area contributed by atoms with E-state index in [1.54, 1.807) is 6.07 Å². The van der Waals surface area contributed by atoms with E-state index in [2.05, 4.69) is 29.8 Å². The minimum atomic E-state index is -0.183. The van der Waals surface area contributed by atoms with Crippen LogP contribution in [-0.2, 0) is 6.42 Å². The second-order valence-electron chi connectivity index (χ2n) is 4.58. The van der Waals surface area contributed by atoms with Gasteiger partial charge < -0.3 is 5.73 Å². The molecule has 0 fully saturated rings. The van der Waals surface area contributed by atoms with Gasteiger partial charge in [0.05, 0.1) is 0 Å². The van der Waals surface area contributed by atoms with Gasteiger partial charge in [-0.15, -0.1) is 0 Å². The summed E-state index contributed by atoms with van der Waals surface area (Å²) in [4.78, 5) is 0. The quantitative estimate of drug-likeness (QED) is 0.874. The lowest BCUT2D eigenvalue weighted by atomic mass is 9.98. The van der Waals surface area contributed by atoms with E-state index >= 15 is 0 Å². The highest BCUT2D eigenvalue weighted by Gasteiger charge is 2.07. The summed E-state index contributed by atoms with van der Waals surface area (Å²) in [7, 11) is 0. The summed E-state index contributed by atoms with van der Waals surface area (Å²) in [5.74, 6) is 0.330. The summed E-state index contributed by atoms with van der Waals surface area (Å²) in [5.41, 5.74) is 6.99. The molecule has 1 aromatic carbocycles. The lowest BCUT2D eigenvalue weighted by Gasteiger charge is -2.15. The Hall–Kier alpha value is -0.410. The molecule has 0 aliphatic rings. The molecule has 1 atom stereocenters. The number of rotatable bonds is 5. The van der Waals surface area contributed by atoms with Gasteiger partial charge >= 0.3 is 0 Å². The van der Waals surface area contributed by atoms with E-state index in [1.807, 2.05) is 6.07 Å². The Morgan fingerprint density at radius 1 is 1.31 bits per heavy atom. The summed E-state index contributed by atoms with van der Waals surface area (Å²) in [5, 5.41) is 0. The van der Waals surface area contributed by atoms with Crippen molar-refractivity contribution in [2.75, 3.05) is 0 Å². The Morgan fingerprint density at radius 2 is 2.00 bits per heavy atom. The number of benzene rings is 1. The molecule has 0 saturated carbocycles. The fourth-order valence-electron chi connectivity index (χ4n) is 1.63. The number of hydrogen-bond acceptors (Lipinski definition) is 1.